The standard InChI is InChI=1S/C12H20NO3P/c1-3-13-11-6-4-5-10(9-11)12(14)7-8-17(15)16-2/h4-6,11,13,17H,3,7-9H2,1-2H3/t11-/m1/s1. The first-order valence-corrected chi connectivity index (χ1v) is 7.40. The Morgan fingerprint density at radius 3 is 3.06 bits per heavy atom. The van der Waals surface area contributed by atoms with E-state index in [0.717, 1.165) is 18.5 Å². The van der Waals surface area contributed by atoms with E-state index in [1.807, 2.05) is 19.1 Å². The topological polar surface area (TPSA) is 55.4 Å². The molecule has 0 bridgehead atoms. The monoisotopic (exact) mass is 257 g/mol. The second-order valence-corrected chi connectivity index (χ2v) is 5.60. The summed E-state index contributed by atoms with van der Waals surface area (Å²) in [5.74, 6) is 0.0765. The summed E-state index contributed by atoms with van der Waals surface area (Å²) in [5.41, 5.74) is 0.810. The zero-order valence-corrected chi connectivity index (χ0v) is 11.4. The van der Waals surface area contributed by atoms with E-state index >= 15 is 0 Å². The fourth-order valence-electron chi connectivity index (χ4n) is 1.77. The summed E-state index contributed by atoms with van der Waals surface area (Å²) in [6.45, 7) is 2.92. The molecular formula is C12H20NO3P. The molecule has 96 valence electrons. The van der Waals surface area contributed by atoms with E-state index in [1.54, 1.807) is 0 Å². The van der Waals surface area contributed by atoms with Crippen LogP contribution in [-0.4, -0.2) is 31.6 Å². The van der Waals surface area contributed by atoms with Gasteiger partial charge in [-0.25, -0.2) is 0 Å². The first-order chi connectivity index (χ1) is 8.17. The molecule has 2 atom stereocenters. The normalized spacial score (nSPS) is 21.1. The minimum Gasteiger partial charge on any atom is -0.334 e. The van der Waals surface area contributed by atoms with Crippen molar-refractivity contribution in [1.82, 2.24) is 5.32 Å². The number of carbonyl (C=O) groups is 1. The van der Waals surface area contributed by atoms with Gasteiger partial charge in [-0.05, 0) is 18.5 Å². The van der Waals surface area contributed by atoms with Gasteiger partial charge in [0.25, 0.3) is 0 Å². The predicted octanol–water partition coefficient (Wildman–Crippen LogP) is 1.93. The van der Waals surface area contributed by atoms with Gasteiger partial charge in [-0.3, -0.25) is 9.36 Å². The Labute approximate surface area is 103 Å². The average Bonchev–Trinajstić information content (AvgIpc) is 2.36. The van der Waals surface area contributed by atoms with Crippen molar-refractivity contribution in [3.8, 4) is 0 Å². The summed E-state index contributed by atoms with van der Waals surface area (Å²) in [4.78, 5) is 11.9. The second kappa shape index (κ2) is 7.59. The van der Waals surface area contributed by atoms with E-state index in [4.69, 9.17) is 4.52 Å². The molecule has 0 heterocycles. The Balaban J connectivity index is 2.44. The molecule has 0 saturated carbocycles. The molecule has 1 aliphatic rings. The Kier molecular flexibility index (Phi) is 6.41. The van der Waals surface area contributed by atoms with E-state index < -0.39 is 8.03 Å². The molecule has 17 heavy (non-hydrogen) atoms. The first-order valence-electron chi connectivity index (χ1n) is 5.88. The van der Waals surface area contributed by atoms with Gasteiger partial charge in [0.1, 0.15) is 0 Å². The third-order valence-corrected chi connectivity index (χ3v) is 3.80. The molecule has 1 unspecified atom stereocenters. The number of likely N-dealkylation sites (N-methyl/N-ethyl adjacent to an activating group) is 1. The van der Waals surface area contributed by atoms with Crippen molar-refractivity contribution in [3.05, 3.63) is 23.8 Å². The van der Waals surface area contributed by atoms with Crippen LogP contribution < -0.4 is 5.32 Å². The molecule has 5 heteroatoms. The number of nitrogens with one attached hydrogen (secondary N) is 1. The zero-order valence-electron chi connectivity index (χ0n) is 10.4. The zero-order chi connectivity index (χ0) is 12.7. The lowest BCUT2D eigenvalue weighted by molar-refractivity contribution is -0.115. The van der Waals surface area contributed by atoms with Crippen LogP contribution in [-0.2, 0) is 13.9 Å². The van der Waals surface area contributed by atoms with E-state index in [-0.39, 0.29) is 11.8 Å². The molecule has 4 nitrogen and oxygen atoms in total. The third-order valence-electron chi connectivity index (χ3n) is 2.69. The summed E-state index contributed by atoms with van der Waals surface area (Å²) < 4.78 is 15.8. The lowest BCUT2D eigenvalue weighted by Crippen LogP contribution is -2.29. The number of allylic oxidation sites excluding steroid dienone is 2. The van der Waals surface area contributed by atoms with Gasteiger partial charge >= 0.3 is 0 Å². The minimum absolute atomic E-state index is 0.0765. The Morgan fingerprint density at radius 2 is 2.41 bits per heavy atom. The highest BCUT2D eigenvalue weighted by atomic mass is 31.1. The van der Waals surface area contributed by atoms with E-state index in [9.17, 15) is 9.36 Å². The summed E-state index contributed by atoms with van der Waals surface area (Å²) >= 11 is 0. The third kappa shape index (κ3) is 4.99. The van der Waals surface area contributed by atoms with Gasteiger partial charge in [0.05, 0.1) is 0 Å². The van der Waals surface area contributed by atoms with Gasteiger partial charge in [0.15, 0.2) is 13.8 Å². The molecule has 1 aliphatic carbocycles. The highest BCUT2D eigenvalue weighted by Gasteiger charge is 2.16. The van der Waals surface area contributed by atoms with Crippen molar-refractivity contribution in [2.24, 2.45) is 0 Å². The summed E-state index contributed by atoms with van der Waals surface area (Å²) in [6.07, 6.45) is 7.18. The summed E-state index contributed by atoms with van der Waals surface area (Å²) in [7, 11) is -0.605. The molecule has 0 fully saturated rings. The van der Waals surface area contributed by atoms with Crippen molar-refractivity contribution in [2.45, 2.75) is 25.8 Å². The molecule has 0 saturated heterocycles. The fourth-order valence-corrected chi connectivity index (χ4v) is 2.40. The van der Waals surface area contributed by atoms with Crippen LogP contribution in [0.25, 0.3) is 0 Å². The van der Waals surface area contributed by atoms with Crippen molar-refractivity contribution in [3.63, 3.8) is 0 Å². The first kappa shape index (κ1) is 14.4. The molecule has 0 radical (unpaired) electrons. The Morgan fingerprint density at radius 1 is 1.65 bits per heavy atom. The maximum atomic E-state index is 11.9. The number of carbonyl (C=O) groups excluding carboxylic acids is 1. The van der Waals surface area contributed by atoms with Crippen molar-refractivity contribution >= 4 is 13.8 Å². The Bertz CT molecular complexity index is 350. The van der Waals surface area contributed by atoms with Crippen LogP contribution in [0.1, 0.15) is 19.8 Å². The van der Waals surface area contributed by atoms with Gasteiger partial charge in [-0.1, -0.05) is 25.2 Å². The summed E-state index contributed by atoms with van der Waals surface area (Å²) in [5, 5.41) is 3.29. The molecule has 1 rings (SSSR count). The second-order valence-electron chi connectivity index (χ2n) is 3.94. The van der Waals surface area contributed by atoms with Crippen LogP contribution in [0.2, 0.25) is 0 Å². The quantitative estimate of drug-likeness (QED) is 0.708. The van der Waals surface area contributed by atoms with Gasteiger partial charge in [0, 0.05) is 25.7 Å². The molecule has 1 N–H and O–H groups in total. The highest BCUT2D eigenvalue weighted by Crippen LogP contribution is 2.23. The van der Waals surface area contributed by atoms with Crippen LogP contribution in [0.3, 0.4) is 0 Å². The summed E-state index contributed by atoms with van der Waals surface area (Å²) in [6, 6.07) is 0.239. The number of hydrogen-bond acceptors (Lipinski definition) is 4. The van der Waals surface area contributed by atoms with Gasteiger partial charge < -0.3 is 9.84 Å². The lowest BCUT2D eigenvalue weighted by atomic mass is 9.96. The maximum absolute atomic E-state index is 11.9. The smallest absolute Gasteiger partial charge is 0.191 e. The number of hydrogen-bond donors (Lipinski definition) is 1. The largest absolute Gasteiger partial charge is 0.334 e. The van der Waals surface area contributed by atoms with Crippen LogP contribution in [0.15, 0.2) is 23.8 Å². The highest BCUT2D eigenvalue weighted by molar-refractivity contribution is 7.39. The molecule has 0 aromatic heterocycles. The van der Waals surface area contributed by atoms with Crippen LogP contribution >= 0.6 is 8.03 Å². The van der Waals surface area contributed by atoms with E-state index in [2.05, 4.69) is 11.4 Å². The van der Waals surface area contributed by atoms with Crippen LogP contribution in [0.5, 0.6) is 0 Å². The average molecular weight is 257 g/mol. The van der Waals surface area contributed by atoms with E-state index in [0.29, 0.717) is 12.6 Å². The number of Topliss-reactive ketones (excluding diaryl/α,β-unsaturated/α-hetero) is 1. The maximum Gasteiger partial charge on any atom is 0.191 e. The number of ketones is 1. The molecule has 0 amide bonds. The fraction of sp³-hybridized carbons (Fsp3) is 0.583. The van der Waals surface area contributed by atoms with Crippen LogP contribution in [0, 0.1) is 0 Å². The van der Waals surface area contributed by atoms with Crippen molar-refractivity contribution in [2.75, 3.05) is 19.8 Å². The molecule has 0 aliphatic heterocycles. The molecular weight excluding hydrogens is 237 g/mol. The van der Waals surface area contributed by atoms with Crippen molar-refractivity contribution in [1.29, 1.82) is 0 Å². The molecule has 0 aromatic carbocycles. The molecule has 0 aromatic rings. The minimum atomic E-state index is -2.02. The van der Waals surface area contributed by atoms with E-state index in [1.165, 1.54) is 7.11 Å². The molecule has 0 spiro atoms. The number of rotatable bonds is 7. The SMILES string of the molecule is CCN[C@@H]1C=CC=C(C(=O)CC[PH](=O)OC)C1. The predicted molar refractivity (Wildman–Crippen MR) is 69.8 cm³/mol. The lowest BCUT2D eigenvalue weighted by Gasteiger charge is -2.18. The van der Waals surface area contributed by atoms with Crippen LogP contribution in [0.4, 0.5) is 0 Å². The van der Waals surface area contributed by atoms with Gasteiger partial charge in [-0.15, -0.1) is 0 Å². The van der Waals surface area contributed by atoms with Gasteiger partial charge in [0.2, 0.25) is 0 Å². The van der Waals surface area contributed by atoms with Crippen molar-refractivity contribution < 1.29 is 13.9 Å². The van der Waals surface area contributed by atoms with Gasteiger partial charge in [-0.2, -0.15) is 0 Å². The Hall–Kier alpha value is -0.700.